The number of allylic oxidation sites excluding steroid dienone is 1. The van der Waals surface area contributed by atoms with Crippen molar-refractivity contribution in [2.75, 3.05) is 7.11 Å². The van der Waals surface area contributed by atoms with Crippen LogP contribution in [0.15, 0.2) is 72.3 Å². The zero-order chi connectivity index (χ0) is 27.2. The van der Waals surface area contributed by atoms with Crippen molar-refractivity contribution >= 4 is 45.8 Å². The lowest BCUT2D eigenvalue weighted by Gasteiger charge is -2.12. The van der Waals surface area contributed by atoms with Crippen LogP contribution >= 0.6 is 25.3 Å². The highest BCUT2D eigenvalue weighted by Gasteiger charge is 2.18. The number of nitrogens with two attached hydrogens (primary N) is 3. The van der Waals surface area contributed by atoms with Crippen LogP contribution in [0, 0.1) is 5.82 Å². The van der Waals surface area contributed by atoms with E-state index in [2.05, 4.69) is 48.4 Å². The summed E-state index contributed by atoms with van der Waals surface area (Å²) in [4.78, 5) is 18.1. The molecule has 8 N–H and O–H groups in total. The second-order valence-corrected chi connectivity index (χ2v) is 8.49. The molecule has 0 saturated carbocycles. The quantitative estimate of drug-likeness (QED) is 0.232. The molecular formula is C22H32FN5O6S3. The lowest BCUT2D eigenvalue weighted by molar-refractivity contribution is 0.266. The lowest BCUT2D eigenvalue weighted by atomic mass is 10.1. The molecule has 3 rings (SSSR count). The number of ether oxygens (including phenoxy) is 1. The van der Waals surface area contributed by atoms with Gasteiger partial charge in [-0.3, -0.25) is 9.59 Å². The summed E-state index contributed by atoms with van der Waals surface area (Å²) < 4.78 is 43.9. The molecule has 206 valence electrons. The fourth-order valence-corrected chi connectivity index (χ4v) is 3.13. The Bertz CT molecular complexity index is 1230. The summed E-state index contributed by atoms with van der Waals surface area (Å²) in [5.41, 5.74) is 10.0. The predicted octanol–water partition coefficient (Wildman–Crippen LogP) is 3.33. The maximum Gasteiger partial charge on any atom is 0.273 e. The average Bonchev–Trinajstić information content (AvgIpc) is 3.23. The molecule has 37 heavy (non-hydrogen) atoms. The van der Waals surface area contributed by atoms with Crippen LogP contribution in [0.25, 0.3) is 16.9 Å². The molecule has 0 aliphatic rings. The van der Waals surface area contributed by atoms with Crippen molar-refractivity contribution in [2.45, 2.75) is 19.2 Å². The highest BCUT2D eigenvalue weighted by atomic mass is 32.2. The summed E-state index contributed by atoms with van der Waals surface area (Å²) in [7, 11) is -2.55. The number of primary sulfonamides is 1. The number of aromatic nitrogens is 2. The van der Waals surface area contributed by atoms with Crippen LogP contribution in [0.4, 0.5) is 14.0 Å². The molecule has 2 amide bonds. The molecular weight excluding hydrogens is 545 g/mol. The Morgan fingerprint density at radius 2 is 1.59 bits per heavy atom. The minimum Gasteiger partial charge on any atom is -0.494 e. The van der Waals surface area contributed by atoms with Crippen LogP contribution in [0.5, 0.6) is 5.75 Å². The Morgan fingerprint density at radius 1 is 1.11 bits per heavy atom. The maximum atomic E-state index is 14.0. The van der Waals surface area contributed by atoms with Crippen LogP contribution in [-0.4, -0.2) is 41.3 Å². The fourth-order valence-electron chi connectivity index (χ4n) is 2.41. The molecule has 0 spiro atoms. The summed E-state index contributed by atoms with van der Waals surface area (Å²) >= 11 is 6.21. The molecule has 0 aliphatic heterocycles. The largest absolute Gasteiger partial charge is 0.494 e. The van der Waals surface area contributed by atoms with Crippen molar-refractivity contribution < 1.29 is 32.6 Å². The Hall–Kier alpha value is -3.37. The number of thiol groups is 2. The smallest absolute Gasteiger partial charge is 0.273 e. The number of sulfonamides is 1. The van der Waals surface area contributed by atoms with E-state index in [1.807, 2.05) is 6.92 Å². The Balaban J connectivity index is -0.000000762. The van der Waals surface area contributed by atoms with Gasteiger partial charge >= 0.3 is 0 Å². The average molecular weight is 578 g/mol. The molecule has 0 unspecified atom stereocenters. The molecule has 2 aromatic carbocycles. The van der Waals surface area contributed by atoms with E-state index in [0.29, 0.717) is 11.3 Å². The van der Waals surface area contributed by atoms with E-state index in [0.717, 1.165) is 0 Å². The molecule has 0 bridgehead atoms. The number of methoxy groups -OCH3 is 1. The summed E-state index contributed by atoms with van der Waals surface area (Å²) in [6.45, 7) is 5.25. The molecule has 3 aromatic rings. The second-order valence-electron chi connectivity index (χ2n) is 6.08. The molecule has 15 heteroatoms. The minimum absolute atomic E-state index is 0. The molecule has 0 atom stereocenters. The van der Waals surface area contributed by atoms with Gasteiger partial charge in [-0.2, -0.15) is 5.10 Å². The zero-order valence-corrected chi connectivity index (χ0v) is 21.9. The summed E-state index contributed by atoms with van der Waals surface area (Å²) in [6.07, 6.45) is 3.25. The number of carbonyl (C=O) groups excluding carboxylic acids is 2. The first-order valence-corrected chi connectivity index (χ1v) is 11.8. The van der Waals surface area contributed by atoms with Crippen molar-refractivity contribution in [3.63, 3.8) is 0 Å². The number of primary amides is 2. The summed E-state index contributed by atoms with van der Waals surface area (Å²) in [5.74, 6) is -0.405. The first kappa shape index (κ1) is 38.2. The number of carbonyl (C=O) groups is 2. The molecule has 1 heterocycles. The molecule has 0 saturated heterocycles. The van der Waals surface area contributed by atoms with E-state index in [-0.39, 0.29) is 29.2 Å². The first-order valence-electron chi connectivity index (χ1n) is 9.34. The van der Waals surface area contributed by atoms with E-state index in [9.17, 15) is 12.8 Å². The predicted molar refractivity (Wildman–Crippen MR) is 150 cm³/mol. The standard InChI is InChI=1S/C16H14FN3O3S.C3H6.2CH3NOS.CH4.H2O/c1-23-15-7-6-11(10-12(15)17)13-8-9-19-20(13)14-4-2-3-5-16(14)24(18,21)22;1-3-2;2*2-1(3)4;;/h2-10H,1H3,(H2,18,21,22);3H,1H2,2H3;2*(H3,2,3,4);1H4;1H2. The third-order valence-electron chi connectivity index (χ3n) is 3.49. The molecule has 0 fully saturated rings. The summed E-state index contributed by atoms with van der Waals surface area (Å²) in [5, 5.41) is 8.14. The SMILES string of the molecule is C.C=CC.COc1ccc(-c2ccnn2-c2ccccc2S(N)(=O)=O)cc1F.NC(=O)S.NC(=O)S.O. The third-order valence-corrected chi connectivity index (χ3v) is 4.45. The van der Waals surface area contributed by atoms with E-state index in [4.69, 9.17) is 19.5 Å². The van der Waals surface area contributed by atoms with Gasteiger partial charge < -0.3 is 21.7 Å². The Kier molecular flexibility index (Phi) is 19.4. The molecule has 0 radical (unpaired) electrons. The van der Waals surface area contributed by atoms with Crippen molar-refractivity contribution in [3.8, 4) is 22.7 Å². The van der Waals surface area contributed by atoms with Gasteiger partial charge in [0.1, 0.15) is 4.90 Å². The van der Waals surface area contributed by atoms with Gasteiger partial charge in [0.05, 0.1) is 24.7 Å². The van der Waals surface area contributed by atoms with E-state index in [1.165, 1.54) is 36.2 Å². The van der Waals surface area contributed by atoms with Crippen molar-refractivity contribution in [1.29, 1.82) is 0 Å². The van der Waals surface area contributed by atoms with Crippen molar-refractivity contribution in [2.24, 2.45) is 16.6 Å². The number of para-hydroxylation sites is 1. The Morgan fingerprint density at radius 3 is 2.03 bits per heavy atom. The highest BCUT2D eigenvalue weighted by molar-refractivity contribution is 7.96. The maximum absolute atomic E-state index is 14.0. The van der Waals surface area contributed by atoms with Gasteiger partial charge in [-0.05, 0) is 43.3 Å². The monoisotopic (exact) mass is 577 g/mol. The number of rotatable bonds is 4. The van der Waals surface area contributed by atoms with Gasteiger partial charge in [0.15, 0.2) is 11.6 Å². The van der Waals surface area contributed by atoms with Gasteiger partial charge in [0.25, 0.3) is 10.5 Å². The first-order chi connectivity index (χ1) is 16.3. The number of halogens is 1. The van der Waals surface area contributed by atoms with Crippen molar-refractivity contribution in [1.82, 2.24) is 9.78 Å². The summed E-state index contributed by atoms with van der Waals surface area (Å²) in [6, 6.07) is 12.3. The molecule has 0 aliphatic carbocycles. The van der Waals surface area contributed by atoms with Gasteiger partial charge in [0.2, 0.25) is 10.0 Å². The highest BCUT2D eigenvalue weighted by Crippen LogP contribution is 2.28. The Labute approximate surface area is 226 Å². The lowest BCUT2D eigenvalue weighted by Crippen LogP contribution is -2.16. The van der Waals surface area contributed by atoms with Gasteiger partial charge in [0, 0.05) is 5.56 Å². The van der Waals surface area contributed by atoms with Crippen LogP contribution in [0.3, 0.4) is 0 Å². The van der Waals surface area contributed by atoms with E-state index < -0.39 is 26.3 Å². The van der Waals surface area contributed by atoms with Crippen LogP contribution < -0.4 is 21.3 Å². The van der Waals surface area contributed by atoms with Gasteiger partial charge in [-0.1, -0.05) is 50.9 Å². The van der Waals surface area contributed by atoms with Crippen LogP contribution in [0.2, 0.25) is 0 Å². The number of amides is 2. The third kappa shape index (κ3) is 14.1. The number of benzene rings is 2. The van der Waals surface area contributed by atoms with Crippen LogP contribution in [-0.2, 0) is 10.0 Å². The van der Waals surface area contributed by atoms with E-state index >= 15 is 0 Å². The van der Waals surface area contributed by atoms with Gasteiger partial charge in [-0.15, -0.1) is 6.58 Å². The number of hydrogen-bond acceptors (Lipinski definition) is 6. The second kappa shape index (κ2) is 18.8. The fraction of sp³-hybridized carbons (Fsp3) is 0.136. The zero-order valence-electron chi connectivity index (χ0n) is 19.3. The van der Waals surface area contributed by atoms with Gasteiger partial charge in [-0.25, -0.2) is 22.6 Å². The molecule has 1 aromatic heterocycles. The minimum atomic E-state index is -3.93. The van der Waals surface area contributed by atoms with Crippen molar-refractivity contribution in [3.05, 3.63) is 73.2 Å². The normalized spacial score (nSPS) is 9.14. The number of hydrogen-bond donors (Lipinski definition) is 5. The van der Waals surface area contributed by atoms with Crippen LogP contribution in [0.1, 0.15) is 14.4 Å². The van der Waals surface area contributed by atoms with E-state index in [1.54, 1.807) is 36.4 Å². The molecule has 11 nitrogen and oxygen atoms in total. The number of nitrogens with zero attached hydrogens (tertiary/aromatic N) is 2. The topological polar surface area (TPSA) is 205 Å².